The summed E-state index contributed by atoms with van der Waals surface area (Å²) >= 11 is 0. The molecule has 1 fully saturated rings. The number of nitrogens with zero attached hydrogens (tertiary/aromatic N) is 3. The van der Waals surface area contributed by atoms with Crippen LogP contribution in [-0.2, 0) is 0 Å². The van der Waals surface area contributed by atoms with Gasteiger partial charge in [0.25, 0.3) is 11.6 Å². The minimum atomic E-state index is -0.494. The van der Waals surface area contributed by atoms with Gasteiger partial charge in [0.2, 0.25) is 0 Å². The Labute approximate surface area is 145 Å². The Kier molecular flexibility index (Phi) is 4.92. The summed E-state index contributed by atoms with van der Waals surface area (Å²) in [6.07, 6.45) is 3.18. The number of nitro benzene ring substituents is 1. The molecule has 0 aliphatic carbocycles. The van der Waals surface area contributed by atoms with Crippen LogP contribution in [0.2, 0.25) is 0 Å². The first-order chi connectivity index (χ1) is 12.0. The van der Waals surface area contributed by atoms with Gasteiger partial charge in [0.15, 0.2) is 0 Å². The summed E-state index contributed by atoms with van der Waals surface area (Å²) in [6.45, 7) is 3.04. The van der Waals surface area contributed by atoms with Crippen molar-refractivity contribution in [2.24, 2.45) is 0 Å². The number of piperidine rings is 1. The number of hydrogen-bond donors (Lipinski definition) is 0. The number of benzene rings is 1. The molecule has 3 rings (SSSR count). The molecule has 0 saturated carbocycles. The van der Waals surface area contributed by atoms with Crippen LogP contribution < -0.4 is 4.74 Å². The maximum absolute atomic E-state index is 12.5. The molecule has 2 heterocycles. The second-order valence-electron chi connectivity index (χ2n) is 6.05. The highest BCUT2D eigenvalue weighted by Crippen LogP contribution is 2.21. The SMILES string of the molecule is Cc1ccc(OC2CCN(C(=O)c3cccc([N+](=O)[O-])c3)CC2)cn1. The zero-order chi connectivity index (χ0) is 17.8. The molecule has 0 unspecified atom stereocenters. The Morgan fingerprint density at radius 2 is 2.04 bits per heavy atom. The second-order valence-corrected chi connectivity index (χ2v) is 6.05. The van der Waals surface area contributed by atoms with Crippen molar-refractivity contribution in [3.63, 3.8) is 0 Å². The number of nitro groups is 1. The monoisotopic (exact) mass is 341 g/mol. The first kappa shape index (κ1) is 16.9. The molecule has 1 saturated heterocycles. The van der Waals surface area contributed by atoms with Crippen molar-refractivity contribution in [2.75, 3.05) is 13.1 Å². The zero-order valence-corrected chi connectivity index (χ0v) is 13.9. The van der Waals surface area contributed by atoms with Crippen LogP contribution in [0.5, 0.6) is 5.75 Å². The van der Waals surface area contributed by atoms with Crippen LogP contribution >= 0.6 is 0 Å². The molecule has 0 radical (unpaired) electrons. The fourth-order valence-corrected chi connectivity index (χ4v) is 2.83. The predicted molar refractivity (Wildman–Crippen MR) is 91.6 cm³/mol. The first-order valence-corrected chi connectivity index (χ1v) is 8.16. The number of aryl methyl sites for hydroxylation is 1. The Bertz CT molecular complexity index is 768. The minimum Gasteiger partial charge on any atom is -0.489 e. The summed E-state index contributed by atoms with van der Waals surface area (Å²) in [5.74, 6) is 0.549. The van der Waals surface area contributed by atoms with E-state index >= 15 is 0 Å². The maximum Gasteiger partial charge on any atom is 0.270 e. The van der Waals surface area contributed by atoms with E-state index in [0.717, 1.165) is 11.4 Å². The van der Waals surface area contributed by atoms with Crippen molar-refractivity contribution in [1.82, 2.24) is 9.88 Å². The summed E-state index contributed by atoms with van der Waals surface area (Å²) in [5, 5.41) is 10.8. The molecule has 0 N–H and O–H groups in total. The third-order valence-electron chi connectivity index (χ3n) is 4.22. The lowest BCUT2D eigenvalue weighted by Crippen LogP contribution is -2.41. The van der Waals surface area contributed by atoms with Gasteiger partial charge in [-0.15, -0.1) is 0 Å². The van der Waals surface area contributed by atoms with Gasteiger partial charge in [0.05, 0.1) is 11.1 Å². The smallest absolute Gasteiger partial charge is 0.270 e. The molecule has 2 aromatic rings. The van der Waals surface area contributed by atoms with E-state index in [2.05, 4.69) is 4.98 Å². The second kappa shape index (κ2) is 7.29. The first-order valence-electron chi connectivity index (χ1n) is 8.16. The van der Waals surface area contributed by atoms with E-state index in [9.17, 15) is 14.9 Å². The zero-order valence-electron chi connectivity index (χ0n) is 13.9. The van der Waals surface area contributed by atoms with Crippen LogP contribution in [0, 0.1) is 17.0 Å². The quantitative estimate of drug-likeness (QED) is 0.630. The van der Waals surface area contributed by atoms with Crippen molar-refractivity contribution in [3.05, 3.63) is 64.0 Å². The molecular formula is C18H19N3O4. The number of pyridine rings is 1. The fourth-order valence-electron chi connectivity index (χ4n) is 2.83. The summed E-state index contributed by atoms with van der Waals surface area (Å²) in [7, 11) is 0. The van der Waals surface area contributed by atoms with Crippen molar-refractivity contribution >= 4 is 11.6 Å². The van der Waals surface area contributed by atoms with E-state index in [1.165, 1.54) is 18.2 Å². The minimum absolute atomic E-state index is 0.0404. The number of carbonyl (C=O) groups excluding carboxylic acids is 1. The van der Waals surface area contributed by atoms with Gasteiger partial charge in [-0.25, -0.2) is 0 Å². The molecule has 1 aliphatic rings. The average molecular weight is 341 g/mol. The van der Waals surface area contributed by atoms with Crippen molar-refractivity contribution in [3.8, 4) is 5.75 Å². The Balaban J connectivity index is 1.58. The fraction of sp³-hybridized carbons (Fsp3) is 0.333. The summed E-state index contributed by atoms with van der Waals surface area (Å²) < 4.78 is 5.90. The maximum atomic E-state index is 12.5. The number of carbonyl (C=O) groups is 1. The average Bonchev–Trinajstić information content (AvgIpc) is 2.64. The molecule has 0 bridgehead atoms. The lowest BCUT2D eigenvalue weighted by atomic mass is 10.1. The molecule has 0 atom stereocenters. The van der Waals surface area contributed by atoms with Gasteiger partial charge in [-0.1, -0.05) is 6.07 Å². The molecule has 1 aromatic carbocycles. The van der Waals surface area contributed by atoms with Gasteiger partial charge in [-0.3, -0.25) is 19.9 Å². The van der Waals surface area contributed by atoms with Crippen molar-refractivity contribution < 1.29 is 14.5 Å². The van der Waals surface area contributed by atoms with Gasteiger partial charge in [-0.05, 0) is 25.1 Å². The van der Waals surface area contributed by atoms with Crippen LogP contribution in [0.25, 0.3) is 0 Å². The van der Waals surface area contributed by atoms with Crippen LogP contribution in [0.3, 0.4) is 0 Å². The number of amides is 1. The lowest BCUT2D eigenvalue weighted by Gasteiger charge is -2.32. The number of likely N-dealkylation sites (tertiary alicyclic amines) is 1. The van der Waals surface area contributed by atoms with Gasteiger partial charge in [0, 0.05) is 49.3 Å². The number of non-ortho nitro benzene ring substituents is 1. The number of rotatable bonds is 4. The van der Waals surface area contributed by atoms with Crippen molar-refractivity contribution in [2.45, 2.75) is 25.9 Å². The van der Waals surface area contributed by atoms with Gasteiger partial charge in [0.1, 0.15) is 11.9 Å². The van der Waals surface area contributed by atoms with Gasteiger partial charge in [-0.2, -0.15) is 0 Å². The molecule has 7 heteroatoms. The Hall–Kier alpha value is -2.96. The van der Waals surface area contributed by atoms with Gasteiger partial charge >= 0.3 is 0 Å². The molecule has 1 aliphatic heterocycles. The van der Waals surface area contributed by atoms with Crippen LogP contribution in [0.1, 0.15) is 28.9 Å². The third kappa shape index (κ3) is 4.12. The molecule has 25 heavy (non-hydrogen) atoms. The molecule has 0 spiro atoms. The standard InChI is InChI=1S/C18H19N3O4/c1-13-5-6-17(12-19-13)25-16-7-9-20(10-8-16)18(22)14-3-2-4-15(11-14)21(23)24/h2-6,11-12,16H,7-10H2,1H3. The predicted octanol–water partition coefficient (Wildman–Crippen LogP) is 2.98. The van der Waals surface area contributed by atoms with E-state index < -0.39 is 4.92 Å². The molecule has 7 nitrogen and oxygen atoms in total. The van der Waals surface area contributed by atoms with E-state index in [-0.39, 0.29) is 17.7 Å². The topological polar surface area (TPSA) is 85.6 Å². The molecule has 1 aromatic heterocycles. The van der Waals surface area contributed by atoms with Crippen LogP contribution in [0.15, 0.2) is 42.6 Å². The Morgan fingerprint density at radius 1 is 1.28 bits per heavy atom. The van der Waals surface area contributed by atoms with E-state index in [0.29, 0.717) is 31.5 Å². The highest BCUT2D eigenvalue weighted by atomic mass is 16.6. The molecule has 1 amide bonds. The van der Waals surface area contributed by atoms with Crippen molar-refractivity contribution in [1.29, 1.82) is 0 Å². The summed E-state index contributed by atoms with van der Waals surface area (Å²) in [4.78, 5) is 28.8. The summed E-state index contributed by atoms with van der Waals surface area (Å²) in [5.41, 5.74) is 1.21. The molecule has 130 valence electrons. The van der Waals surface area contributed by atoms with E-state index in [1.54, 1.807) is 17.2 Å². The highest BCUT2D eigenvalue weighted by Gasteiger charge is 2.25. The third-order valence-corrected chi connectivity index (χ3v) is 4.22. The van der Waals surface area contributed by atoms with Crippen LogP contribution in [-0.4, -0.2) is 39.9 Å². The number of hydrogen-bond acceptors (Lipinski definition) is 5. The summed E-state index contributed by atoms with van der Waals surface area (Å²) in [6, 6.07) is 9.64. The van der Waals surface area contributed by atoms with Crippen LogP contribution in [0.4, 0.5) is 5.69 Å². The normalized spacial score (nSPS) is 15.0. The van der Waals surface area contributed by atoms with E-state index in [4.69, 9.17) is 4.74 Å². The highest BCUT2D eigenvalue weighted by molar-refractivity contribution is 5.94. The number of ether oxygens (including phenoxy) is 1. The lowest BCUT2D eigenvalue weighted by molar-refractivity contribution is -0.384. The van der Waals surface area contributed by atoms with E-state index in [1.807, 2.05) is 19.1 Å². The number of aromatic nitrogens is 1. The van der Waals surface area contributed by atoms with Gasteiger partial charge < -0.3 is 9.64 Å². The largest absolute Gasteiger partial charge is 0.489 e. The molecular weight excluding hydrogens is 322 g/mol. The Morgan fingerprint density at radius 3 is 2.68 bits per heavy atom.